The van der Waals surface area contributed by atoms with Gasteiger partial charge in [-0.15, -0.1) is 0 Å². The van der Waals surface area contributed by atoms with Crippen molar-refractivity contribution in [3.63, 3.8) is 0 Å². The van der Waals surface area contributed by atoms with Crippen LogP contribution in [0.4, 0.5) is 5.69 Å². The van der Waals surface area contributed by atoms with Crippen LogP contribution in [-0.2, 0) is 34.2 Å². The van der Waals surface area contributed by atoms with Crippen molar-refractivity contribution in [2.45, 2.75) is 30.7 Å². The van der Waals surface area contributed by atoms with Gasteiger partial charge in [0.1, 0.15) is 0 Å². The predicted octanol–water partition coefficient (Wildman–Crippen LogP) is 3.80. The van der Waals surface area contributed by atoms with Crippen LogP contribution in [0.25, 0.3) is 0 Å². The van der Waals surface area contributed by atoms with Gasteiger partial charge in [0.15, 0.2) is 0 Å². The monoisotopic (exact) mass is 433 g/mol. The Hall–Kier alpha value is -3.47. The number of anilines is 1. The molecule has 3 rings (SSSR count). The Kier molecular flexibility index (Phi) is 7.55. The fraction of sp³-hybridized carbons (Fsp3) is 0.167. The van der Waals surface area contributed by atoms with Crippen molar-refractivity contribution in [2.24, 2.45) is 0 Å². The minimum Gasteiger partial charge on any atom is -0.326 e. The van der Waals surface area contributed by atoms with Gasteiger partial charge in [-0.1, -0.05) is 54.6 Å². The molecule has 0 aliphatic rings. The van der Waals surface area contributed by atoms with Gasteiger partial charge in [0, 0.05) is 18.7 Å². The Morgan fingerprint density at radius 2 is 1.48 bits per heavy atom. The van der Waals surface area contributed by atoms with E-state index in [1.54, 1.807) is 36.4 Å². The molecule has 31 heavy (non-hydrogen) atoms. The van der Waals surface area contributed by atoms with E-state index in [2.05, 4.69) is 16.1 Å². The summed E-state index contributed by atoms with van der Waals surface area (Å²) in [5.41, 5.74) is 3.33. The molecule has 6 nitrogen and oxygen atoms in total. The van der Waals surface area contributed by atoms with E-state index in [0.29, 0.717) is 18.5 Å². The summed E-state index contributed by atoms with van der Waals surface area (Å²) in [6.07, 6.45) is 1.11. The zero-order valence-corrected chi connectivity index (χ0v) is 17.7. The van der Waals surface area contributed by atoms with Crippen LogP contribution in [-0.4, -0.2) is 14.3 Å². The maximum atomic E-state index is 12.5. The zero-order chi connectivity index (χ0) is 22.1. The number of hydrogen-bond acceptors (Lipinski definition) is 4. The number of hydrogen-bond donors (Lipinski definition) is 2. The van der Waals surface area contributed by atoms with Crippen LogP contribution in [0, 0.1) is 11.3 Å². The lowest BCUT2D eigenvalue weighted by molar-refractivity contribution is -0.116. The van der Waals surface area contributed by atoms with Gasteiger partial charge in [-0.25, -0.2) is 13.1 Å². The highest BCUT2D eigenvalue weighted by molar-refractivity contribution is 7.89. The molecule has 3 aromatic rings. The molecular weight excluding hydrogens is 410 g/mol. The molecule has 0 aliphatic heterocycles. The molecule has 0 saturated heterocycles. The number of benzene rings is 3. The van der Waals surface area contributed by atoms with Gasteiger partial charge in [0.05, 0.1) is 17.4 Å². The van der Waals surface area contributed by atoms with E-state index < -0.39 is 10.0 Å². The van der Waals surface area contributed by atoms with E-state index in [0.717, 1.165) is 16.7 Å². The first kappa shape index (κ1) is 22.2. The average Bonchev–Trinajstić information content (AvgIpc) is 2.79. The smallest absolute Gasteiger partial charge is 0.240 e. The topological polar surface area (TPSA) is 99.1 Å². The van der Waals surface area contributed by atoms with E-state index in [-0.39, 0.29) is 23.8 Å². The Labute approximate surface area is 182 Å². The van der Waals surface area contributed by atoms with Crippen LogP contribution in [0.3, 0.4) is 0 Å². The Balaban J connectivity index is 1.50. The third-order valence-electron chi connectivity index (χ3n) is 4.70. The molecule has 2 N–H and O–H groups in total. The van der Waals surface area contributed by atoms with Crippen LogP contribution in [0.15, 0.2) is 83.8 Å². The van der Waals surface area contributed by atoms with E-state index in [1.165, 1.54) is 0 Å². The minimum atomic E-state index is -3.60. The van der Waals surface area contributed by atoms with Crippen molar-refractivity contribution in [1.82, 2.24) is 4.72 Å². The molecule has 0 unspecified atom stereocenters. The lowest BCUT2D eigenvalue weighted by atomic mass is 10.1. The van der Waals surface area contributed by atoms with Crippen molar-refractivity contribution in [3.8, 4) is 6.07 Å². The van der Waals surface area contributed by atoms with Crippen molar-refractivity contribution < 1.29 is 13.2 Å². The zero-order valence-electron chi connectivity index (χ0n) is 16.9. The van der Waals surface area contributed by atoms with Gasteiger partial charge in [-0.2, -0.15) is 5.26 Å². The molecule has 3 aromatic carbocycles. The summed E-state index contributed by atoms with van der Waals surface area (Å²) in [5.74, 6) is -0.130. The maximum absolute atomic E-state index is 12.5. The fourth-order valence-electron chi connectivity index (χ4n) is 2.97. The van der Waals surface area contributed by atoms with Crippen molar-refractivity contribution in [2.75, 3.05) is 5.32 Å². The molecule has 0 spiro atoms. The summed E-state index contributed by atoms with van der Waals surface area (Å²) in [5, 5.41) is 11.5. The summed E-state index contributed by atoms with van der Waals surface area (Å²) in [6, 6.07) is 25.1. The Bertz CT molecular complexity index is 1150. The largest absolute Gasteiger partial charge is 0.326 e. The normalized spacial score (nSPS) is 10.9. The van der Waals surface area contributed by atoms with Gasteiger partial charge in [0.2, 0.25) is 15.9 Å². The molecule has 0 heterocycles. The van der Waals surface area contributed by atoms with Crippen LogP contribution in [0.5, 0.6) is 0 Å². The summed E-state index contributed by atoms with van der Waals surface area (Å²) in [6.45, 7) is 0.225. The molecule has 0 aromatic heterocycles. The molecule has 7 heteroatoms. The van der Waals surface area contributed by atoms with E-state index in [4.69, 9.17) is 5.26 Å². The van der Waals surface area contributed by atoms with Crippen LogP contribution < -0.4 is 10.0 Å². The number of nitrogens with zero attached hydrogens (tertiary/aromatic N) is 1. The summed E-state index contributed by atoms with van der Waals surface area (Å²) < 4.78 is 27.5. The quantitative estimate of drug-likeness (QED) is 0.536. The van der Waals surface area contributed by atoms with E-state index in [9.17, 15) is 13.2 Å². The molecule has 0 bridgehead atoms. The van der Waals surface area contributed by atoms with Gasteiger partial charge >= 0.3 is 0 Å². The molecular formula is C24H23N3O3S. The third-order valence-corrected chi connectivity index (χ3v) is 6.12. The highest BCUT2D eigenvalue weighted by Gasteiger charge is 2.13. The fourth-order valence-corrected chi connectivity index (χ4v) is 3.99. The molecule has 0 aliphatic carbocycles. The molecule has 0 atom stereocenters. The second-order valence-corrected chi connectivity index (χ2v) is 8.80. The first-order valence-corrected chi connectivity index (χ1v) is 11.3. The van der Waals surface area contributed by atoms with Crippen molar-refractivity contribution >= 4 is 21.6 Å². The number of aryl methyl sites for hydroxylation is 1. The van der Waals surface area contributed by atoms with Crippen LogP contribution in [0.2, 0.25) is 0 Å². The highest BCUT2D eigenvalue weighted by atomic mass is 32.2. The highest BCUT2D eigenvalue weighted by Crippen LogP contribution is 2.14. The first-order valence-electron chi connectivity index (χ1n) is 9.84. The Morgan fingerprint density at radius 1 is 0.839 bits per heavy atom. The third kappa shape index (κ3) is 6.78. The summed E-state index contributed by atoms with van der Waals surface area (Å²) in [4.78, 5) is 12.4. The van der Waals surface area contributed by atoms with E-state index >= 15 is 0 Å². The van der Waals surface area contributed by atoms with Gasteiger partial charge < -0.3 is 5.32 Å². The van der Waals surface area contributed by atoms with Crippen molar-refractivity contribution in [3.05, 3.63) is 95.6 Å². The lowest BCUT2D eigenvalue weighted by Gasteiger charge is -2.08. The minimum absolute atomic E-state index is 0.130. The molecule has 0 radical (unpaired) electrons. The number of amides is 1. The summed E-state index contributed by atoms with van der Waals surface area (Å²) >= 11 is 0. The van der Waals surface area contributed by atoms with Crippen LogP contribution in [0.1, 0.15) is 23.1 Å². The van der Waals surface area contributed by atoms with Gasteiger partial charge in [-0.3, -0.25) is 4.79 Å². The molecule has 158 valence electrons. The lowest BCUT2D eigenvalue weighted by Crippen LogP contribution is -2.23. The number of rotatable bonds is 9. The first-order chi connectivity index (χ1) is 15.0. The number of sulfonamides is 1. The van der Waals surface area contributed by atoms with E-state index in [1.807, 2.05) is 42.5 Å². The standard InChI is InChI=1S/C24H23N3O3S/c25-17-16-20-6-11-22(12-7-20)27-24(28)15-10-19-8-13-23(14-9-19)31(29,30)26-18-21-4-2-1-3-5-21/h1-9,11-14,26H,10,15-16,18H2,(H,27,28). The number of nitrogens with one attached hydrogen (secondary N) is 2. The molecule has 1 amide bonds. The molecule has 0 fully saturated rings. The van der Waals surface area contributed by atoms with Crippen LogP contribution >= 0.6 is 0 Å². The molecule has 0 saturated carbocycles. The van der Waals surface area contributed by atoms with Gasteiger partial charge in [0.25, 0.3) is 0 Å². The second kappa shape index (κ2) is 10.5. The second-order valence-electron chi connectivity index (χ2n) is 7.03. The SMILES string of the molecule is N#CCc1ccc(NC(=O)CCc2ccc(S(=O)(=O)NCc3ccccc3)cc2)cc1. The summed E-state index contributed by atoms with van der Waals surface area (Å²) in [7, 11) is -3.60. The number of nitriles is 1. The Morgan fingerprint density at radius 3 is 2.13 bits per heavy atom. The maximum Gasteiger partial charge on any atom is 0.240 e. The van der Waals surface area contributed by atoms with Gasteiger partial charge in [-0.05, 0) is 47.4 Å². The number of carbonyl (C=O) groups excluding carboxylic acids is 1. The number of carbonyl (C=O) groups is 1. The van der Waals surface area contributed by atoms with Crippen molar-refractivity contribution in [1.29, 1.82) is 5.26 Å². The average molecular weight is 434 g/mol. The predicted molar refractivity (Wildman–Crippen MR) is 120 cm³/mol.